The van der Waals surface area contributed by atoms with Crippen LogP contribution in [-0.4, -0.2) is 51.9 Å². The molecule has 2 N–H and O–H groups in total. The summed E-state index contributed by atoms with van der Waals surface area (Å²) >= 11 is 0. The third-order valence-corrected chi connectivity index (χ3v) is 3.10. The Morgan fingerprint density at radius 3 is 2.56 bits per heavy atom. The lowest BCUT2D eigenvalue weighted by Crippen LogP contribution is -2.47. The van der Waals surface area contributed by atoms with E-state index in [9.17, 15) is 4.79 Å². The van der Waals surface area contributed by atoms with Crippen molar-refractivity contribution >= 4 is 11.7 Å². The lowest BCUT2D eigenvalue weighted by Gasteiger charge is -2.33. The molecular weight excluding hydrogens is 230 g/mol. The van der Waals surface area contributed by atoms with Crippen LogP contribution in [-0.2, 0) is 11.3 Å². The number of carbonyl (C=O) groups excluding carboxylic acids is 1. The Morgan fingerprint density at radius 1 is 1.33 bits per heavy atom. The topological polar surface area (TPSA) is 75.4 Å². The first-order chi connectivity index (χ1) is 8.54. The van der Waals surface area contributed by atoms with Crippen molar-refractivity contribution in [3.05, 3.63) is 17.6 Å². The second-order valence-corrected chi connectivity index (χ2v) is 4.63. The van der Waals surface area contributed by atoms with Crippen molar-refractivity contribution in [2.45, 2.75) is 20.4 Å². The molecule has 1 aromatic heterocycles. The maximum atomic E-state index is 11.2. The van der Waals surface area contributed by atoms with Crippen molar-refractivity contribution in [2.24, 2.45) is 0 Å². The summed E-state index contributed by atoms with van der Waals surface area (Å²) in [4.78, 5) is 23.9. The summed E-state index contributed by atoms with van der Waals surface area (Å²) in [5.41, 5.74) is 6.59. The zero-order chi connectivity index (χ0) is 13.1. The van der Waals surface area contributed by atoms with Gasteiger partial charge in [-0.3, -0.25) is 9.69 Å². The van der Waals surface area contributed by atoms with Crippen LogP contribution in [0.4, 0.5) is 5.82 Å². The highest BCUT2D eigenvalue weighted by Crippen LogP contribution is 2.08. The van der Waals surface area contributed by atoms with Crippen LogP contribution in [0.5, 0.6) is 0 Å². The summed E-state index contributed by atoms with van der Waals surface area (Å²) in [6.45, 7) is 7.48. The molecule has 0 atom stereocenters. The molecule has 0 spiro atoms. The van der Waals surface area contributed by atoms with Gasteiger partial charge in [0, 0.05) is 44.9 Å². The van der Waals surface area contributed by atoms with Crippen molar-refractivity contribution in [2.75, 3.05) is 31.9 Å². The minimum Gasteiger partial charge on any atom is -0.384 e. The van der Waals surface area contributed by atoms with Crippen LogP contribution in [0.25, 0.3) is 0 Å². The smallest absolute Gasteiger partial charge is 0.219 e. The minimum absolute atomic E-state index is 0.144. The van der Waals surface area contributed by atoms with Crippen LogP contribution in [0.3, 0.4) is 0 Å². The second-order valence-electron chi connectivity index (χ2n) is 4.63. The number of aromatic nitrogens is 2. The van der Waals surface area contributed by atoms with Gasteiger partial charge in [-0.2, -0.15) is 0 Å². The maximum Gasteiger partial charge on any atom is 0.219 e. The number of hydrogen-bond acceptors (Lipinski definition) is 5. The Bertz CT molecular complexity index is 420. The Kier molecular flexibility index (Phi) is 3.76. The standard InChI is InChI=1S/C12H19N5O/c1-9-7-11(13)15-12(14-9)8-16-3-5-17(6-4-16)10(2)18/h7H,3-6,8H2,1-2H3,(H2,13,14,15). The van der Waals surface area contributed by atoms with Crippen LogP contribution in [0.2, 0.25) is 0 Å². The molecule has 18 heavy (non-hydrogen) atoms. The van der Waals surface area contributed by atoms with Crippen LogP contribution in [0, 0.1) is 6.92 Å². The van der Waals surface area contributed by atoms with Gasteiger partial charge in [0.2, 0.25) is 5.91 Å². The second kappa shape index (κ2) is 5.30. The molecule has 1 aliphatic heterocycles. The van der Waals surface area contributed by atoms with Gasteiger partial charge in [0.15, 0.2) is 0 Å². The van der Waals surface area contributed by atoms with Crippen molar-refractivity contribution in [3.8, 4) is 0 Å². The van der Waals surface area contributed by atoms with E-state index in [0.29, 0.717) is 12.4 Å². The number of anilines is 1. The van der Waals surface area contributed by atoms with E-state index in [2.05, 4.69) is 14.9 Å². The van der Waals surface area contributed by atoms with Gasteiger partial charge in [0.25, 0.3) is 0 Å². The largest absolute Gasteiger partial charge is 0.384 e. The molecule has 1 aromatic rings. The number of aryl methyl sites for hydroxylation is 1. The van der Waals surface area contributed by atoms with Gasteiger partial charge in [-0.15, -0.1) is 0 Å². The SMILES string of the molecule is CC(=O)N1CCN(Cc2nc(C)cc(N)n2)CC1. The van der Waals surface area contributed by atoms with E-state index >= 15 is 0 Å². The number of carbonyl (C=O) groups is 1. The van der Waals surface area contributed by atoms with E-state index in [-0.39, 0.29) is 5.91 Å². The van der Waals surface area contributed by atoms with Crippen LogP contribution in [0.15, 0.2) is 6.07 Å². The van der Waals surface area contributed by atoms with Gasteiger partial charge in [0.1, 0.15) is 11.6 Å². The molecule has 2 rings (SSSR count). The van der Waals surface area contributed by atoms with Gasteiger partial charge < -0.3 is 10.6 Å². The zero-order valence-electron chi connectivity index (χ0n) is 10.9. The number of piperazine rings is 1. The van der Waals surface area contributed by atoms with Crippen LogP contribution >= 0.6 is 0 Å². The van der Waals surface area contributed by atoms with Gasteiger partial charge in [0.05, 0.1) is 6.54 Å². The number of nitrogens with two attached hydrogens (primary N) is 1. The Balaban J connectivity index is 1.93. The van der Waals surface area contributed by atoms with Gasteiger partial charge in [-0.05, 0) is 6.92 Å². The monoisotopic (exact) mass is 249 g/mol. The van der Waals surface area contributed by atoms with E-state index in [4.69, 9.17) is 5.73 Å². The summed E-state index contributed by atoms with van der Waals surface area (Å²) in [6, 6.07) is 1.76. The van der Waals surface area contributed by atoms with E-state index < -0.39 is 0 Å². The summed E-state index contributed by atoms with van der Waals surface area (Å²) in [5, 5.41) is 0. The highest BCUT2D eigenvalue weighted by Gasteiger charge is 2.19. The molecule has 1 aliphatic rings. The van der Waals surface area contributed by atoms with Gasteiger partial charge in [-0.25, -0.2) is 9.97 Å². The normalized spacial score (nSPS) is 16.9. The number of amides is 1. The predicted octanol–water partition coefficient (Wildman–Crippen LogP) is 0.0313. The molecule has 0 aromatic carbocycles. The van der Waals surface area contributed by atoms with Crippen LogP contribution in [0.1, 0.15) is 18.4 Å². The number of hydrogen-bond donors (Lipinski definition) is 1. The van der Waals surface area contributed by atoms with E-state index in [1.165, 1.54) is 0 Å². The molecule has 1 saturated heterocycles. The lowest BCUT2D eigenvalue weighted by molar-refractivity contribution is -0.130. The van der Waals surface area contributed by atoms with Crippen LogP contribution < -0.4 is 5.73 Å². The molecule has 0 saturated carbocycles. The van der Waals surface area contributed by atoms with Crippen molar-refractivity contribution in [1.82, 2.24) is 19.8 Å². The molecule has 98 valence electrons. The highest BCUT2D eigenvalue weighted by molar-refractivity contribution is 5.73. The van der Waals surface area contributed by atoms with Crippen molar-refractivity contribution < 1.29 is 4.79 Å². The maximum absolute atomic E-state index is 11.2. The Hall–Kier alpha value is -1.69. The number of rotatable bonds is 2. The average Bonchev–Trinajstić information content (AvgIpc) is 2.28. The molecule has 6 nitrogen and oxygen atoms in total. The minimum atomic E-state index is 0.144. The van der Waals surface area contributed by atoms with Gasteiger partial charge >= 0.3 is 0 Å². The molecule has 2 heterocycles. The quantitative estimate of drug-likeness (QED) is 0.800. The van der Waals surface area contributed by atoms with Crippen molar-refractivity contribution in [1.29, 1.82) is 0 Å². The zero-order valence-corrected chi connectivity index (χ0v) is 10.9. The van der Waals surface area contributed by atoms with E-state index in [0.717, 1.165) is 37.7 Å². The Morgan fingerprint density at radius 2 is 2.00 bits per heavy atom. The Labute approximate surface area is 107 Å². The molecule has 1 amide bonds. The van der Waals surface area contributed by atoms with Crippen molar-refractivity contribution in [3.63, 3.8) is 0 Å². The third-order valence-electron chi connectivity index (χ3n) is 3.10. The number of nitrogens with zero attached hydrogens (tertiary/aromatic N) is 4. The molecule has 6 heteroatoms. The first-order valence-corrected chi connectivity index (χ1v) is 6.12. The first kappa shape index (κ1) is 12.8. The molecule has 0 aliphatic carbocycles. The molecule has 0 bridgehead atoms. The molecule has 1 fully saturated rings. The fourth-order valence-corrected chi connectivity index (χ4v) is 2.15. The highest BCUT2D eigenvalue weighted by atomic mass is 16.2. The van der Waals surface area contributed by atoms with E-state index in [1.807, 2.05) is 11.8 Å². The number of nitrogen functional groups attached to an aromatic ring is 1. The molecular formula is C12H19N5O. The fraction of sp³-hybridized carbons (Fsp3) is 0.583. The fourth-order valence-electron chi connectivity index (χ4n) is 2.15. The molecule has 0 unspecified atom stereocenters. The van der Waals surface area contributed by atoms with E-state index in [1.54, 1.807) is 13.0 Å². The summed E-state index contributed by atoms with van der Waals surface area (Å²) in [5.74, 6) is 1.41. The lowest BCUT2D eigenvalue weighted by atomic mass is 10.3. The first-order valence-electron chi connectivity index (χ1n) is 6.12. The van der Waals surface area contributed by atoms with Gasteiger partial charge in [-0.1, -0.05) is 0 Å². The summed E-state index contributed by atoms with van der Waals surface area (Å²) in [6.07, 6.45) is 0. The summed E-state index contributed by atoms with van der Waals surface area (Å²) < 4.78 is 0. The average molecular weight is 249 g/mol. The predicted molar refractivity (Wildman–Crippen MR) is 68.7 cm³/mol. The third kappa shape index (κ3) is 3.16. The molecule has 0 radical (unpaired) electrons. The summed E-state index contributed by atoms with van der Waals surface area (Å²) in [7, 11) is 0.